The van der Waals surface area contributed by atoms with Crippen LogP contribution in [0.25, 0.3) is 5.57 Å². The molecule has 0 aliphatic carbocycles. The van der Waals surface area contributed by atoms with E-state index in [2.05, 4.69) is 9.88 Å². The van der Waals surface area contributed by atoms with Gasteiger partial charge >= 0.3 is 11.9 Å². The molecule has 1 aromatic carbocycles. The van der Waals surface area contributed by atoms with Gasteiger partial charge in [-0.25, -0.2) is 13.2 Å². The summed E-state index contributed by atoms with van der Waals surface area (Å²) >= 11 is 0. The molecule has 11 nitrogen and oxygen atoms in total. The average Bonchev–Trinajstić information content (AvgIpc) is 3.22. The summed E-state index contributed by atoms with van der Waals surface area (Å²) in [6.45, 7) is 14.3. The lowest BCUT2D eigenvalue weighted by molar-refractivity contribution is -0.157. The topological polar surface area (TPSA) is 145 Å². The minimum absolute atomic E-state index is 0.00874. The summed E-state index contributed by atoms with van der Waals surface area (Å²) < 4.78 is 38.9. The molecular weight excluding hydrogens is 502 g/mol. The number of aryl methyl sites for hydroxylation is 2. The monoisotopic (exact) mass is 533 g/mol. The fourth-order valence-electron chi connectivity index (χ4n) is 3.36. The van der Waals surface area contributed by atoms with Crippen molar-refractivity contribution in [1.82, 2.24) is 5.16 Å². The number of amides is 1. The van der Waals surface area contributed by atoms with Crippen LogP contribution >= 0.6 is 0 Å². The molecule has 1 aromatic heterocycles. The molecule has 1 N–H and O–H groups in total. The van der Waals surface area contributed by atoms with E-state index in [0.717, 1.165) is 5.06 Å². The van der Waals surface area contributed by atoms with Crippen LogP contribution in [0.15, 0.2) is 33.4 Å². The van der Waals surface area contributed by atoms with E-state index in [-0.39, 0.29) is 39.1 Å². The average molecular weight is 534 g/mol. The first-order valence-corrected chi connectivity index (χ1v) is 12.9. The molecule has 2 aromatic rings. The van der Waals surface area contributed by atoms with Crippen LogP contribution in [0.1, 0.15) is 65.5 Å². The van der Waals surface area contributed by atoms with Crippen molar-refractivity contribution in [2.75, 3.05) is 9.79 Å². The Morgan fingerprint density at radius 2 is 1.62 bits per heavy atom. The van der Waals surface area contributed by atoms with Crippen LogP contribution in [-0.2, 0) is 34.0 Å². The Kier molecular flexibility index (Phi) is 7.04. The van der Waals surface area contributed by atoms with Gasteiger partial charge in [0.25, 0.3) is 15.9 Å². The number of benzene rings is 1. The van der Waals surface area contributed by atoms with Crippen molar-refractivity contribution in [3.05, 3.63) is 41.0 Å². The predicted octanol–water partition coefficient (Wildman–Crippen LogP) is 4.26. The number of aromatic nitrogens is 1. The molecule has 0 fully saturated rings. The molecule has 1 aliphatic heterocycles. The Balaban J connectivity index is 2.10. The van der Waals surface area contributed by atoms with Crippen molar-refractivity contribution in [2.24, 2.45) is 10.8 Å². The number of hydrogen-bond acceptors (Lipinski definition) is 9. The summed E-state index contributed by atoms with van der Waals surface area (Å²) in [6.07, 6.45) is 0. The van der Waals surface area contributed by atoms with Crippen molar-refractivity contribution in [3.63, 3.8) is 0 Å². The van der Waals surface area contributed by atoms with Gasteiger partial charge in [-0.05, 0) is 80.5 Å². The molecule has 0 bridgehead atoms. The maximum absolute atomic E-state index is 13.4. The van der Waals surface area contributed by atoms with E-state index in [0.29, 0.717) is 5.56 Å². The van der Waals surface area contributed by atoms with Crippen LogP contribution < -0.4 is 9.79 Å². The number of ether oxygens (including phenoxy) is 1. The number of hydroxylamine groups is 1. The molecule has 2 heterocycles. The first kappa shape index (κ1) is 27.9. The van der Waals surface area contributed by atoms with Gasteiger partial charge in [-0.1, -0.05) is 5.16 Å². The summed E-state index contributed by atoms with van der Waals surface area (Å²) in [7, 11) is -4.09. The lowest BCUT2D eigenvalue weighted by Gasteiger charge is -2.22. The number of anilines is 2. The summed E-state index contributed by atoms with van der Waals surface area (Å²) in [5.74, 6) is -1.86. The number of hydrogen-bond donors (Lipinski definition) is 1. The van der Waals surface area contributed by atoms with E-state index >= 15 is 0 Å². The molecule has 37 heavy (non-hydrogen) atoms. The minimum Gasteiger partial charge on any atom is -0.430 e. The molecule has 0 radical (unpaired) electrons. The minimum atomic E-state index is -4.09. The van der Waals surface area contributed by atoms with E-state index in [9.17, 15) is 22.8 Å². The Hall–Kier alpha value is -3.67. The SMILES string of the molecule is C/C(OC(=O)C(C)(C)C)=C1/C(=O)N(OC(=O)C(C)(C)C)c2cc(NS(=O)(=O)c3c(C)noc3C)ccc21. The highest BCUT2D eigenvalue weighted by atomic mass is 32.2. The second kappa shape index (κ2) is 9.33. The van der Waals surface area contributed by atoms with Gasteiger partial charge in [0.2, 0.25) is 0 Å². The van der Waals surface area contributed by atoms with Crippen LogP contribution in [0, 0.1) is 24.7 Å². The highest BCUT2D eigenvalue weighted by molar-refractivity contribution is 7.92. The summed E-state index contributed by atoms with van der Waals surface area (Å²) in [4.78, 5) is 43.9. The molecule has 0 spiro atoms. The predicted molar refractivity (Wildman–Crippen MR) is 134 cm³/mol. The van der Waals surface area contributed by atoms with Crippen molar-refractivity contribution in [2.45, 2.75) is 67.2 Å². The molecule has 0 saturated heterocycles. The second-order valence-corrected chi connectivity index (χ2v) is 12.4. The first-order chi connectivity index (χ1) is 16.8. The number of esters is 1. The second-order valence-electron chi connectivity index (χ2n) is 10.8. The summed E-state index contributed by atoms with van der Waals surface area (Å²) in [5, 5.41) is 4.46. The smallest absolute Gasteiger partial charge is 0.338 e. The quantitative estimate of drug-likeness (QED) is 0.338. The highest BCUT2D eigenvalue weighted by Crippen LogP contribution is 2.42. The Bertz CT molecular complexity index is 1400. The maximum Gasteiger partial charge on any atom is 0.338 e. The van der Waals surface area contributed by atoms with E-state index in [1.54, 1.807) is 41.5 Å². The fraction of sp³-hybridized carbons (Fsp3) is 0.440. The molecule has 1 amide bonds. The number of sulfonamides is 1. The highest BCUT2D eigenvalue weighted by Gasteiger charge is 2.41. The van der Waals surface area contributed by atoms with Crippen LogP contribution in [0.5, 0.6) is 0 Å². The van der Waals surface area contributed by atoms with Gasteiger partial charge in [-0.2, -0.15) is 0 Å². The van der Waals surface area contributed by atoms with Crippen LogP contribution in [0.3, 0.4) is 0 Å². The van der Waals surface area contributed by atoms with E-state index < -0.39 is 38.7 Å². The molecule has 0 atom stereocenters. The molecule has 3 rings (SSSR count). The largest absolute Gasteiger partial charge is 0.430 e. The third-order valence-electron chi connectivity index (χ3n) is 5.37. The number of nitrogens with one attached hydrogen (secondary N) is 1. The number of carbonyl (C=O) groups is 3. The molecule has 0 saturated carbocycles. The molecule has 200 valence electrons. The molecule has 12 heteroatoms. The van der Waals surface area contributed by atoms with Crippen LogP contribution in [0.2, 0.25) is 0 Å². The van der Waals surface area contributed by atoms with Crippen molar-refractivity contribution >= 4 is 44.8 Å². The lowest BCUT2D eigenvalue weighted by Crippen LogP contribution is -2.35. The summed E-state index contributed by atoms with van der Waals surface area (Å²) in [6, 6.07) is 4.27. The number of rotatable bonds is 5. The number of nitrogens with zero attached hydrogens (tertiary/aromatic N) is 2. The van der Waals surface area contributed by atoms with Gasteiger partial charge in [0.15, 0.2) is 10.7 Å². The van der Waals surface area contributed by atoms with Gasteiger partial charge in [0.1, 0.15) is 11.5 Å². The third kappa shape index (κ3) is 5.53. The first-order valence-electron chi connectivity index (χ1n) is 11.4. The van der Waals surface area contributed by atoms with Gasteiger partial charge in [-0.15, -0.1) is 5.06 Å². The third-order valence-corrected chi connectivity index (χ3v) is 6.99. The zero-order chi connectivity index (χ0) is 28.1. The Labute approximate surface area is 215 Å². The van der Waals surface area contributed by atoms with Gasteiger partial charge in [0, 0.05) is 5.56 Å². The van der Waals surface area contributed by atoms with Gasteiger partial charge in [-0.3, -0.25) is 14.3 Å². The van der Waals surface area contributed by atoms with Crippen LogP contribution in [0.4, 0.5) is 11.4 Å². The maximum atomic E-state index is 13.4. The number of fused-ring (bicyclic) bond motifs is 1. The lowest BCUT2D eigenvalue weighted by atomic mass is 9.97. The van der Waals surface area contributed by atoms with Crippen molar-refractivity contribution in [1.29, 1.82) is 0 Å². The van der Waals surface area contributed by atoms with Gasteiger partial charge in [0.05, 0.1) is 27.8 Å². The summed E-state index contributed by atoms with van der Waals surface area (Å²) in [5.41, 5.74) is -1.09. The van der Waals surface area contributed by atoms with E-state index in [1.807, 2.05) is 0 Å². The molecular formula is C25H31N3O8S. The van der Waals surface area contributed by atoms with Crippen molar-refractivity contribution in [3.8, 4) is 0 Å². The number of carbonyl (C=O) groups excluding carboxylic acids is 3. The van der Waals surface area contributed by atoms with E-state index in [1.165, 1.54) is 39.0 Å². The fourth-order valence-corrected chi connectivity index (χ4v) is 4.74. The normalized spacial score (nSPS) is 15.4. The Morgan fingerprint density at radius 3 is 2.14 bits per heavy atom. The zero-order valence-electron chi connectivity index (χ0n) is 22.3. The molecule has 0 unspecified atom stereocenters. The number of allylic oxidation sites excluding steroid dienone is 1. The van der Waals surface area contributed by atoms with E-state index in [4.69, 9.17) is 14.1 Å². The van der Waals surface area contributed by atoms with Crippen molar-refractivity contribution < 1.29 is 36.9 Å². The standard InChI is InChI=1S/C25H31N3O8S/c1-13-20(15(3)35-26-13)37(32,33)27-16-10-11-17-18(12-16)28(36-23(31)25(7,8)9)21(29)19(17)14(2)34-22(30)24(4,5)6/h10-12,27H,1-9H3/b19-14-. The van der Waals surface area contributed by atoms with Gasteiger partial charge < -0.3 is 14.1 Å². The van der Waals surface area contributed by atoms with Crippen LogP contribution in [-0.4, -0.2) is 31.4 Å². The Morgan fingerprint density at radius 1 is 1.03 bits per heavy atom. The zero-order valence-corrected chi connectivity index (χ0v) is 23.1. The molecule has 1 aliphatic rings.